The molecule has 0 fully saturated rings. The minimum atomic E-state index is -0.383. The molecular formula is C11H9NO2. The molecule has 0 atom stereocenters. The quantitative estimate of drug-likeness (QED) is 0.498. The van der Waals surface area contributed by atoms with Crippen molar-refractivity contribution in [3.8, 4) is 0 Å². The van der Waals surface area contributed by atoms with Crippen LogP contribution in [-0.4, -0.2) is 11.7 Å². The smallest absolute Gasteiger partial charge is 0.312 e. The minimum Gasteiger partial charge on any atom is -0.312 e. The van der Waals surface area contributed by atoms with E-state index in [9.17, 15) is 4.79 Å². The third-order valence-corrected chi connectivity index (χ3v) is 1.99. The van der Waals surface area contributed by atoms with Crippen LogP contribution in [0.3, 0.4) is 0 Å². The molecule has 0 amide bonds. The Morgan fingerprint density at radius 3 is 2.57 bits per heavy atom. The van der Waals surface area contributed by atoms with Crippen LogP contribution in [0.4, 0.5) is 0 Å². The van der Waals surface area contributed by atoms with E-state index in [4.69, 9.17) is 0 Å². The standard InChI is InChI=1S/C11H9NO2/c1-8-10(11(13)14-12-8)7-9-5-3-2-4-6-9/h2-7H,1H3/b10-7-. The Morgan fingerprint density at radius 1 is 1.29 bits per heavy atom. The van der Waals surface area contributed by atoms with Crippen LogP contribution in [0.5, 0.6) is 0 Å². The van der Waals surface area contributed by atoms with Crippen molar-refractivity contribution in [2.24, 2.45) is 5.16 Å². The molecule has 0 spiro atoms. The first-order valence-corrected chi connectivity index (χ1v) is 4.30. The summed E-state index contributed by atoms with van der Waals surface area (Å²) < 4.78 is 0. The van der Waals surface area contributed by atoms with Gasteiger partial charge in [-0.15, -0.1) is 0 Å². The van der Waals surface area contributed by atoms with E-state index in [0.717, 1.165) is 5.56 Å². The summed E-state index contributed by atoms with van der Waals surface area (Å²) in [6.45, 7) is 1.75. The van der Waals surface area contributed by atoms with Gasteiger partial charge in [-0.05, 0) is 18.6 Å². The molecule has 0 unspecified atom stereocenters. The lowest BCUT2D eigenvalue weighted by Gasteiger charge is -1.94. The van der Waals surface area contributed by atoms with Crippen LogP contribution >= 0.6 is 0 Å². The van der Waals surface area contributed by atoms with Crippen molar-refractivity contribution in [3.63, 3.8) is 0 Å². The predicted molar refractivity (Wildman–Crippen MR) is 53.6 cm³/mol. The number of carbonyl (C=O) groups is 1. The molecule has 1 aromatic carbocycles. The van der Waals surface area contributed by atoms with Gasteiger partial charge in [-0.3, -0.25) is 0 Å². The van der Waals surface area contributed by atoms with Gasteiger partial charge in [0.2, 0.25) is 0 Å². The number of nitrogens with zero attached hydrogens (tertiary/aromatic N) is 1. The fraction of sp³-hybridized carbons (Fsp3) is 0.0909. The van der Waals surface area contributed by atoms with Crippen LogP contribution in [0.25, 0.3) is 6.08 Å². The summed E-state index contributed by atoms with van der Waals surface area (Å²) in [5.41, 5.74) is 2.12. The number of hydrogen-bond donors (Lipinski definition) is 0. The second kappa shape index (κ2) is 3.46. The molecule has 0 aliphatic carbocycles. The van der Waals surface area contributed by atoms with E-state index < -0.39 is 0 Å². The summed E-state index contributed by atoms with van der Waals surface area (Å²) in [6.07, 6.45) is 1.77. The number of oxime groups is 1. The van der Waals surface area contributed by atoms with Crippen LogP contribution in [-0.2, 0) is 9.63 Å². The lowest BCUT2D eigenvalue weighted by Crippen LogP contribution is -2.01. The van der Waals surface area contributed by atoms with Crippen molar-refractivity contribution in [3.05, 3.63) is 41.5 Å². The molecule has 3 nitrogen and oxygen atoms in total. The number of rotatable bonds is 1. The summed E-state index contributed by atoms with van der Waals surface area (Å²) >= 11 is 0. The average molecular weight is 187 g/mol. The van der Waals surface area contributed by atoms with Crippen LogP contribution < -0.4 is 0 Å². The normalized spacial score (nSPS) is 18.2. The van der Waals surface area contributed by atoms with Gasteiger partial charge in [0.25, 0.3) is 0 Å². The Morgan fingerprint density at radius 2 is 2.00 bits per heavy atom. The Bertz CT molecular complexity index is 418. The van der Waals surface area contributed by atoms with E-state index in [0.29, 0.717) is 11.3 Å². The molecule has 2 rings (SSSR count). The third kappa shape index (κ3) is 1.57. The molecule has 1 aliphatic heterocycles. The molecule has 0 saturated heterocycles. The molecule has 70 valence electrons. The van der Waals surface area contributed by atoms with E-state index in [2.05, 4.69) is 9.99 Å². The number of carbonyl (C=O) groups excluding carboxylic acids is 1. The minimum absolute atomic E-state index is 0.383. The van der Waals surface area contributed by atoms with E-state index >= 15 is 0 Å². The van der Waals surface area contributed by atoms with Crippen LogP contribution in [0.15, 0.2) is 41.1 Å². The second-order valence-corrected chi connectivity index (χ2v) is 3.02. The molecule has 0 N–H and O–H groups in total. The van der Waals surface area contributed by atoms with Crippen LogP contribution in [0.2, 0.25) is 0 Å². The van der Waals surface area contributed by atoms with Gasteiger partial charge in [0.15, 0.2) is 0 Å². The fourth-order valence-electron chi connectivity index (χ4n) is 1.24. The maximum absolute atomic E-state index is 11.2. The first-order valence-electron chi connectivity index (χ1n) is 4.30. The van der Waals surface area contributed by atoms with E-state index in [1.54, 1.807) is 13.0 Å². The van der Waals surface area contributed by atoms with Gasteiger partial charge in [-0.25, -0.2) is 4.79 Å². The zero-order valence-electron chi connectivity index (χ0n) is 7.73. The highest BCUT2D eigenvalue weighted by Gasteiger charge is 2.21. The summed E-state index contributed by atoms with van der Waals surface area (Å²) in [6, 6.07) is 9.60. The van der Waals surface area contributed by atoms with E-state index in [-0.39, 0.29) is 5.97 Å². The fourth-order valence-corrected chi connectivity index (χ4v) is 1.24. The Balaban J connectivity index is 2.36. The molecule has 3 heteroatoms. The van der Waals surface area contributed by atoms with Crippen molar-refractivity contribution >= 4 is 17.8 Å². The van der Waals surface area contributed by atoms with Gasteiger partial charge >= 0.3 is 5.97 Å². The Labute approximate surface area is 81.7 Å². The summed E-state index contributed by atoms with van der Waals surface area (Å²) in [5, 5.41) is 3.59. The van der Waals surface area contributed by atoms with Gasteiger partial charge in [0.05, 0.1) is 11.3 Å². The maximum Gasteiger partial charge on any atom is 0.367 e. The number of hydrogen-bond acceptors (Lipinski definition) is 3. The first-order chi connectivity index (χ1) is 6.77. The van der Waals surface area contributed by atoms with Crippen LogP contribution in [0, 0.1) is 0 Å². The van der Waals surface area contributed by atoms with Gasteiger partial charge in [-0.2, -0.15) is 0 Å². The summed E-state index contributed by atoms with van der Waals surface area (Å²) in [5.74, 6) is -0.383. The highest BCUT2D eigenvalue weighted by molar-refractivity contribution is 6.24. The van der Waals surface area contributed by atoms with E-state index in [1.807, 2.05) is 30.3 Å². The largest absolute Gasteiger partial charge is 0.367 e. The molecule has 0 saturated carbocycles. The second-order valence-electron chi connectivity index (χ2n) is 3.02. The summed E-state index contributed by atoms with van der Waals surface area (Å²) in [4.78, 5) is 15.7. The Hall–Kier alpha value is -1.90. The molecule has 0 radical (unpaired) electrons. The van der Waals surface area contributed by atoms with E-state index in [1.165, 1.54) is 0 Å². The van der Waals surface area contributed by atoms with Crippen molar-refractivity contribution < 1.29 is 9.63 Å². The molecule has 1 aromatic rings. The lowest BCUT2D eigenvalue weighted by atomic mass is 10.1. The van der Waals surface area contributed by atoms with Gasteiger partial charge < -0.3 is 4.84 Å². The molecule has 0 aromatic heterocycles. The molecule has 1 heterocycles. The summed E-state index contributed by atoms with van der Waals surface area (Å²) in [7, 11) is 0. The monoisotopic (exact) mass is 187 g/mol. The van der Waals surface area contributed by atoms with Crippen molar-refractivity contribution in [1.82, 2.24) is 0 Å². The van der Waals surface area contributed by atoms with Crippen molar-refractivity contribution in [2.45, 2.75) is 6.92 Å². The maximum atomic E-state index is 11.2. The zero-order valence-corrected chi connectivity index (χ0v) is 7.73. The SMILES string of the molecule is CC1=NOC(=O)/C1=C\c1ccccc1. The molecule has 14 heavy (non-hydrogen) atoms. The van der Waals surface area contributed by atoms with Gasteiger partial charge in [0.1, 0.15) is 0 Å². The molecule has 0 bridgehead atoms. The highest BCUT2D eigenvalue weighted by atomic mass is 16.7. The van der Waals surface area contributed by atoms with Gasteiger partial charge in [0, 0.05) is 0 Å². The molecule has 1 aliphatic rings. The van der Waals surface area contributed by atoms with Crippen molar-refractivity contribution in [2.75, 3.05) is 0 Å². The average Bonchev–Trinajstić information content (AvgIpc) is 2.51. The topological polar surface area (TPSA) is 38.7 Å². The predicted octanol–water partition coefficient (Wildman–Crippen LogP) is 2.00. The zero-order chi connectivity index (χ0) is 9.97. The van der Waals surface area contributed by atoms with Gasteiger partial charge in [-0.1, -0.05) is 35.5 Å². The molecular weight excluding hydrogens is 178 g/mol. The van der Waals surface area contributed by atoms with Crippen molar-refractivity contribution in [1.29, 1.82) is 0 Å². The highest BCUT2D eigenvalue weighted by Crippen LogP contribution is 2.14. The third-order valence-electron chi connectivity index (χ3n) is 1.99. The number of benzene rings is 1. The first kappa shape index (κ1) is 8.69. The lowest BCUT2D eigenvalue weighted by molar-refractivity contribution is -0.136. The van der Waals surface area contributed by atoms with Crippen LogP contribution in [0.1, 0.15) is 12.5 Å². The Kier molecular flexibility index (Phi) is 2.14.